The number of hydrogen-bond acceptors (Lipinski definition) is 6. The molecule has 0 N–H and O–H groups in total. The third-order valence-electron chi connectivity index (χ3n) is 3.19. The lowest BCUT2D eigenvalue weighted by Gasteiger charge is -2.07. The van der Waals surface area contributed by atoms with E-state index in [9.17, 15) is 19.7 Å². The summed E-state index contributed by atoms with van der Waals surface area (Å²) in [6, 6.07) is 9.84. The fraction of sp³-hybridized carbons (Fsp3) is 0.176. The lowest BCUT2D eigenvalue weighted by molar-refractivity contribution is -0.385. The molecule has 0 aliphatic carbocycles. The van der Waals surface area contributed by atoms with Gasteiger partial charge in [-0.2, -0.15) is 0 Å². The van der Waals surface area contributed by atoms with Gasteiger partial charge in [0, 0.05) is 16.7 Å². The second kappa shape index (κ2) is 8.25. The molecule has 130 valence electrons. The predicted molar refractivity (Wildman–Crippen MR) is 90.3 cm³/mol. The molecule has 0 saturated heterocycles. The van der Waals surface area contributed by atoms with Gasteiger partial charge in [-0.05, 0) is 43.3 Å². The van der Waals surface area contributed by atoms with Gasteiger partial charge in [0.05, 0.1) is 17.1 Å². The van der Waals surface area contributed by atoms with Crippen LogP contribution in [0.5, 0.6) is 5.75 Å². The Morgan fingerprint density at radius 1 is 1.12 bits per heavy atom. The molecule has 0 amide bonds. The van der Waals surface area contributed by atoms with E-state index in [-0.39, 0.29) is 23.6 Å². The first-order valence-corrected chi connectivity index (χ1v) is 7.67. The highest BCUT2D eigenvalue weighted by Crippen LogP contribution is 2.28. The van der Waals surface area contributed by atoms with Crippen molar-refractivity contribution in [1.29, 1.82) is 0 Å². The molecule has 0 radical (unpaired) electrons. The Labute approximate surface area is 148 Å². The minimum Gasteiger partial charge on any atom is -0.487 e. The number of nitro groups is 1. The minimum atomic E-state index is -0.839. The number of halogens is 1. The van der Waals surface area contributed by atoms with Gasteiger partial charge in [0.25, 0.3) is 0 Å². The third kappa shape index (κ3) is 4.77. The zero-order chi connectivity index (χ0) is 18.4. The van der Waals surface area contributed by atoms with Crippen LogP contribution >= 0.6 is 11.6 Å². The van der Waals surface area contributed by atoms with Crippen LogP contribution in [0.2, 0.25) is 5.02 Å². The van der Waals surface area contributed by atoms with Crippen molar-refractivity contribution in [2.24, 2.45) is 0 Å². The van der Waals surface area contributed by atoms with Crippen molar-refractivity contribution in [2.45, 2.75) is 6.92 Å². The van der Waals surface area contributed by atoms with Gasteiger partial charge in [0.2, 0.25) is 0 Å². The van der Waals surface area contributed by atoms with E-state index in [0.29, 0.717) is 10.6 Å². The second-order valence-electron chi connectivity index (χ2n) is 4.88. The Balaban J connectivity index is 2.07. The van der Waals surface area contributed by atoms with Crippen molar-refractivity contribution in [2.75, 3.05) is 13.2 Å². The molecule has 8 heteroatoms. The van der Waals surface area contributed by atoms with Crippen molar-refractivity contribution in [1.82, 2.24) is 0 Å². The molecule has 2 aromatic carbocycles. The van der Waals surface area contributed by atoms with E-state index in [1.165, 1.54) is 24.3 Å². The Bertz CT molecular complexity index is 803. The SMILES string of the molecule is CCOc1ccc(C(=O)OCC(=O)c2ccc(Cl)cc2)cc1[N+](=O)[O-]. The molecule has 25 heavy (non-hydrogen) atoms. The number of Topliss-reactive ketones (excluding diaryl/α,β-unsaturated/α-hetero) is 1. The molecule has 0 unspecified atom stereocenters. The molecule has 0 bridgehead atoms. The minimum absolute atomic E-state index is 0.0425. The van der Waals surface area contributed by atoms with Crippen molar-refractivity contribution < 1.29 is 24.0 Å². The third-order valence-corrected chi connectivity index (χ3v) is 3.44. The van der Waals surface area contributed by atoms with Gasteiger partial charge in [-0.25, -0.2) is 4.79 Å². The highest BCUT2D eigenvalue weighted by atomic mass is 35.5. The van der Waals surface area contributed by atoms with Crippen LogP contribution in [0.4, 0.5) is 5.69 Å². The Kier molecular flexibility index (Phi) is 6.08. The summed E-state index contributed by atoms with van der Waals surface area (Å²) in [5.74, 6) is -1.19. The van der Waals surface area contributed by atoms with Crippen LogP contribution in [0.3, 0.4) is 0 Å². The van der Waals surface area contributed by atoms with E-state index in [1.54, 1.807) is 19.1 Å². The summed E-state index contributed by atoms with van der Waals surface area (Å²) >= 11 is 5.74. The standard InChI is InChI=1S/C17H14ClNO6/c1-2-24-16-8-5-12(9-14(16)19(22)23)17(21)25-10-15(20)11-3-6-13(18)7-4-11/h3-9H,2,10H2,1H3. The molecule has 0 saturated carbocycles. The molecular formula is C17H14ClNO6. The number of benzene rings is 2. The number of ether oxygens (including phenoxy) is 2. The molecule has 0 aliphatic rings. The predicted octanol–water partition coefficient (Wildman–Crippen LogP) is 3.69. The van der Waals surface area contributed by atoms with Crippen molar-refractivity contribution >= 4 is 29.0 Å². The summed E-state index contributed by atoms with van der Waals surface area (Å²) in [5, 5.41) is 11.5. The van der Waals surface area contributed by atoms with Gasteiger partial charge in [-0.15, -0.1) is 0 Å². The number of rotatable bonds is 7. The molecular weight excluding hydrogens is 350 g/mol. The Morgan fingerprint density at radius 3 is 2.36 bits per heavy atom. The summed E-state index contributed by atoms with van der Waals surface area (Å²) in [6.07, 6.45) is 0. The normalized spacial score (nSPS) is 10.2. The van der Waals surface area contributed by atoms with Crippen molar-refractivity contribution in [3.63, 3.8) is 0 Å². The highest BCUT2D eigenvalue weighted by Gasteiger charge is 2.20. The van der Waals surface area contributed by atoms with Crippen LogP contribution in [0.1, 0.15) is 27.6 Å². The summed E-state index contributed by atoms with van der Waals surface area (Å²) in [7, 11) is 0. The average Bonchev–Trinajstić information content (AvgIpc) is 2.60. The largest absolute Gasteiger partial charge is 0.487 e. The molecule has 7 nitrogen and oxygen atoms in total. The zero-order valence-corrected chi connectivity index (χ0v) is 14.0. The second-order valence-corrected chi connectivity index (χ2v) is 5.32. The summed E-state index contributed by atoms with van der Waals surface area (Å²) in [6.45, 7) is 1.45. The van der Waals surface area contributed by atoms with Crippen LogP contribution in [-0.2, 0) is 4.74 Å². The van der Waals surface area contributed by atoms with Crippen LogP contribution in [-0.4, -0.2) is 29.9 Å². The molecule has 0 spiro atoms. The van der Waals surface area contributed by atoms with Gasteiger partial charge in [-0.3, -0.25) is 14.9 Å². The lowest BCUT2D eigenvalue weighted by atomic mass is 10.1. The fourth-order valence-electron chi connectivity index (χ4n) is 2.00. The molecule has 2 aromatic rings. The van der Waals surface area contributed by atoms with E-state index in [0.717, 1.165) is 6.07 Å². The van der Waals surface area contributed by atoms with Gasteiger partial charge < -0.3 is 9.47 Å². The first kappa shape index (κ1) is 18.4. The van der Waals surface area contributed by atoms with E-state index in [4.69, 9.17) is 21.1 Å². The maximum Gasteiger partial charge on any atom is 0.338 e. The highest BCUT2D eigenvalue weighted by molar-refractivity contribution is 6.30. The smallest absolute Gasteiger partial charge is 0.338 e. The van der Waals surface area contributed by atoms with Crippen molar-refractivity contribution in [3.05, 3.63) is 68.7 Å². The van der Waals surface area contributed by atoms with Gasteiger partial charge >= 0.3 is 11.7 Å². The van der Waals surface area contributed by atoms with Gasteiger partial charge in [-0.1, -0.05) is 11.6 Å². The van der Waals surface area contributed by atoms with E-state index < -0.39 is 23.3 Å². The number of ketones is 1. The van der Waals surface area contributed by atoms with E-state index in [2.05, 4.69) is 0 Å². The number of nitro benzene ring substituents is 1. The Hall–Kier alpha value is -2.93. The fourth-order valence-corrected chi connectivity index (χ4v) is 2.12. The maximum atomic E-state index is 12.0. The van der Waals surface area contributed by atoms with E-state index >= 15 is 0 Å². The van der Waals surface area contributed by atoms with Crippen LogP contribution in [0.15, 0.2) is 42.5 Å². The molecule has 0 atom stereocenters. The molecule has 0 heterocycles. The van der Waals surface area contributed by atoms with Gasteiger partial charge in [0.15, 0.2) is 18.1 Å². The van der Waals surface area contributed by atoms with E-state index in [1.807, 2.05) is 0 Å². The van der Waals surface area contributed by atoms with Crippen LogP contribution in [0.25, 0.3) is 0 Å². The van der Waals surface area contributed by atoms with Gasteiger partial charge in [0.1, 0.15) is 0 Å². The monoisotopic (exact) mass is 363 g/mol. The molecule has 0 aliphatic heterocycles. The lowest BCUT2D eigenvalue weighted by Crippen LogP contribution is -2.14. The topological polar surface area (TPSA) is 95.7 Å². The summed E-state index contributed by atoms with van der Waals surface area (Å²) in [4.78, 5) is 34.4. The van der Waals surface area contributed by atoms with Crippen molar-refractivity contribution in [3.8, 4) is 5.75 Å². The number of nitrogens with zero attached hydrogens (tertiary/aromatic N) is 1. The Morgan fingerprint density at radius 2 is 1.76 bits per heavy atom. The quantitative estimate of drug-likeness (QED) is 0.322. The first-order chi connectivity index (χ1) is 11.9. The molecule has 0 aromatic heterocycles. The number of carbonyl (C=O) groups excluding carboxylic acids is 2. The number of hydrogen-bond donors (Lipinski definition) is 0. The first-order valence-electron chi connectivity index (χ1n) is 7.29. The summed E-state index contributed by atoms with van der Waals surface area (Å²) in [5.41, 5.74) is -0.0470. The zero-order valence-electron chi connectivity index (χ0n) is 13.2. The average molecular weight is 364 g/mol. The molecule has 2 rings (SSSR count). The molecule has 0 fully saturated rings. The number of carbonyl (C=O) groups is 2. The summed E-state index contributed by atoms with van der Waals surface area (Å²) < 4.78 is 10.1. The van der Waals surface area contributed by atoms with Crippen LogP contribution in [0, 0.1) is 10.1 Å². The van der Waals surface area contributed by atoms with Crippen LogP contribution < -0.4 is 4.74 Å². The maximum absolute atomic E-state index is 12.0. The number of esters is 1.